The quantitative estimate of drug-likeness (QED) is 0.315. The second kappa shape index (κ2) is 9.04. The monoisotopic (exact) mass is 477 g/mol. The van der Waals surface area contributed by atoms with Crippen LogP contribution in [0.3, 0.4) is 0 Å². The van der Waals surface area contributed by atoms with Crippen LogP contribution in [-0.4, -0.2) is 76.9 Å². The van der Waals surface area contributed by atoms with Crippen LogP contribution in [0, 0.1) is 11.8 Å². The number of nitrogens with zero attached hydrogens (tertiary/aromatic N) is 7. The number of hydrogen-bond acceptors (Lipinski definition) is 9. The number of amides is 1. The van der Waals surface area contributed by atoms with Crippen molar-refractivity contribution in [1.29, 1.82) is 0 Å². The van der Waals surface area contributed by atoms with E-state index in [1.54, 1.807) is 24.1 Å². The summed E-state index contributed by atoms with van der Waals surface area (Å²) in [7, 11) is 3.25. The van der Waals surface area contributed by atoms with Crippen molar-refractivity contribution < 1.29 is 15.0 Å². The molecule has 12 heteroatoms. The van der Waals surface area contributed by atoms with Gasteiger partial charge < -0.3 is 25.4 Å². The number of carbonyl (C=O) groups is 1. The number of benzene rings is 1. The van der Waals surface area contributed by atoms with Gasteiger partial charge in [-0.25, -0.2) is 4.98 Å². The van der Waals surface area contributed by atoms with E-state index in [2.05, 4.69) is 30.9 Å². The maximum Gasteiger partial charge on any atom is 0.256 e. The maximum atomic E-state index is 12.5. The van der Waals surface area contributed by atoms with Crippen molar-refractivity contribution in [2.24, 2.45) is 11.8 Å². The summed E-state index contributed by atoms with van der Waals surface area (Å²) in [6.45, 7) is 1.93. The number of carbonyl (C=O) groups excluding carboxylic acids is 1. The largest absolute Gasteiger partial charge is 0.390 e. The minimum atomic E-state index is -1.21. The molecule has 4 aromatic rings. The van der Waals surface area contributed by atoms with Crippen LogP contribution in [0.5, 0.6) is 0 Å². The van der Waals surface area contributed by atoms with Gasteiger partial charge in [-0.3, -0.25) is 4.79 Å². The lowest BCUT2D eigenvalue weighted by Gasteiger charge is -2.24. The molecule has 1 fully saturated rings. The first-order valence-electron chi connectivity index (χ1n) is 11.5. The van der Waals surface area contributed by atoms with E-state index in [1.807, 2.05) is 37.3 Å². The molecule has 0 spiro atoms. The summed E-state index contributed by atoms with van der Waals surface area (Å²) in [5.41, 5.74) is 2.53. The van der Waals surface area contributed by atoms with E-state index in [4.69, 9.17) is 4.98 Å². The van der Waals surface area contributed by atoms with Crippen LogP contribution >= 0.6 is 0 Å². The molecular weight excluding hydrogens is 450 g/mol. The van der Waals surface area contributed by atoms with Crippen LogP contribution in [0.15, 0.2) is 42.9 Å². The van der Waals surface area contributed by atoms with Gasteiger partial charge in [-0.2, -0.15) is 14.6 Å². The summed E-state index contributed by atoms with van der Waals surface area (Å²) >= 11 is 0. The Morgan fingerprint density at radius 2 is 1.89 bits per heavy atom. The summed E-state index contributed by atoms with van der Waals surface area (Å²) in [6.07, 6.45) is 1.48. The van der Waals surface area contributed by atoms with Gasteiger partial charge in [-0.1, -0.05) is 48.9 Å². The molecule has 12 nitrogen and oxygen atoms in total. The second-order valence-corrected chi connectivity index (χ2v) is 8.54. The number of imidazole rings is 1. The van der Waals surface area contributed by atoms with Gasteiger partial charge in [0, 0.05) is 19.7 Å². The number of nitrogens with one attached hydrogen (secondary N) is 2. The van der Waals surface area contributed by atoms with Gasteiger partial charge in [-0.05, 0) is 5.92 Å². The van der Waals surface area contributed by atoms with Gasteiger partial charge in [0.15, 0.2) is 17.0 Å². The highest BCUT2D eigenvalue weighted by Gasteiger charge is 2.52. The molecule has 1 aromatic carbocycles. The fraction of sp³-hybridized carbons (Fsp3) is 0.391. The Bertz CT molecular complexity index is 1350. The molecule has 5 atom stereocenters. The summed E-state index contributed by atoms with van der Waals surface area (Å²) in [4.78, 5) is 26.2. The molecule has 1 saturated carbocycles. The lowest BCUT2D eigenvalue weighted by Crippen LogP contribution is -2.38. The zero-order valence-electron chi connectivity index (χ0n) is 19.6. The minimum absolute atomic E-state index is 0.266. The minimum Gasteiger partial charge on any atom is -0.390 e. The molecule has 35 heavy (non-hydrogen) atoms. The third kappa shape index (κ3) is 3.70. The lowest BCUT2D eigenvalue weighted by atomic mass is 9.89. The molecule has 1 unspecified atom stereocenters. The van der Waals surface area contributed by atoms with E-state index >= 15 is 0 Å². The molecular formula is C23H27N9O3. The van der Waals surface area contributed by atoms with Crippen molar-refractivity contribution in [1.82, 2.24) is 39.8 Å². The first-order chi connectivity index (χ1) is 17.0. The number of hydrogen-bond donors (Lipinski definition) is 4. The van der Waals surface area contributed by atoms with Crippen LogP contribution in [0.25, 0.3) is 28.4 Å². The lowest BCUT2D eigenvalue weighted by molar-refractivity contribution is -0.129. The first kappa shape index (κ1) is 22.9. The van der Waals surface area contributed by atoms with E-state index in [-0.39, 0.29) is 17.8 Å². The second-order valence-electron chi connectivity index (χ2n) is 8.54. The average molecular weight is 478 g/mol. The highest BCUT2D eigenvalue weighted by Crippen LogP contribution is 2.44. The Balaban J connectivity index is 1.61. The fourth-order valence-corrected chi connectivity index (χ4v) is 5.02. The Kier molecular flexibility index (Phi) is 5.91. The molecule has 1 amide bonds. The van der Waals surface area contributed by atoms with Crippen LogP contribution in [-0.2, 0) is 4.79 Å². The molecule has 0 aliphatic heterocycles. The first-order valence-corrected chi connectivity index (χ1v) is 11.5. The molecule has 5 rings (SSSR count). The van der Waals surface area contributed by atoms with Crippen LogP contribution in [0.4, 0.5) is 5.82 Å². The number of aromatic nitrogens is 7. The zero-order chi connectivity index (χ0) is 24.7. The number of rotatable bonds is 6. The molecule has 0 bridgehead atoms. The Morgan fingerprint density at radius 3 is 2.57 bits per heavy atom. The van der Waals surface area contributed by atoms with E-state index in [1.165, 1.54) is 11.7 Å². The fourth-order valence-electron chi connectivity index (χ4n) is 5.02. The van der Waals surface area contributed by atoms with Crippen molar-refractivity contribution in [3.8, 4) is 17.2 Å². The van der Waals surface area contributed by atoms with Gasteiger partial charge in [0.25, 0.3) is 5.95 Å². The SMILES string of the molecule is CCC1[C@@H](n2cnc3c(NC)nc(-n4cc(-c5ccccc5)nn4)nc32)[C@H](O)[C@H](O)[C@H]1C(=O)NC. The van der Waals surface area contributed by atoms with Crippen molar-refractivity contribution >= 4 is 22.9 Å². The van der Waals surface area contributed by atoms with Crippen molar-refractivity contribution in [3.05, 3.63) is 42.9 Å². The van der Waals surface area contributed by atoms with E-state index in [9.17, 15) is 15.0 Å². The predicted octanol–water partition coefficient (Wildman–Crippen LogP) is 0.781. The summed E-state index contributed by atoms with van der Waals surface area (Å²) in [5.74, 6) is -0.648. The van der Waals surface area contributed by atoms with Gasteiger partial charge in [0.2, 0.25) is 5.91 Å². The Hall–Kier alpha value is -3.90. The summed E-state index contributed by atoms with van der Waals surface area (Å²) in [5, 5.41) is 35.8. The van der Waals surface area contributed by atoms with Crippen LogP contribution < -0.4 is 10.6 Å². The topological polar surface area (TPSA) is 156 Å². The smallest absolute Gasteiger partial charge is 0.256 e. The molecule has 1 aliphatic carbocycles. The highest BCUT2D eigenvalue weighted by atomic mass is 16.3. The third-order valence-electron chi connectivity index (χ3n) is 6.72. The Morgan fingerprint density at radius 1 is 1.11 bits per heavy atom. The molecule has 0 radical (unpaired) electrons. The number of aliphatic hydroxyl groups excluding tert-OH is 2. The standard InChI is InChI=1S/C23H27N9O3/c1-4-13-15(22(35)25-3)18(33)19(34)17(13)31-11-26-16-20(24-2)27-23(28-21(16)31)32-10-14(29-30-32)12-8-6-5-7-9-12/h5-11,13,15,17-19,33-34H,4H2,1-3H3,(H,25,35)(H,24,27,28)/t13?,15-,17+,18+,19-/m0/s1. The Labute approximate surface area is 201 Å². The molecule has 3 heterocycles. The van der Waals surface area contributed by atoms with Crippen molar-refractivity contribution in [2.75, 3.05) is 19.4 Å². The number of aliphatic hydroxyl groups is 2. The van der Waals surface area contributed by atoms with E-state index in [0.717, 1.165) is 5.56 Å². The number of anilines is 1. The van der Waals surface area contributed by atoms with Gasteiger partial charge >= 0.3 is 0 Å². The molecule has 0 saturated heterocycles. The molecule has 4 N–H and O–H groups in total. The van der Waals surface area contributed by atoms with E-state index in [0.29, 0.717) is 29.1 Å². The van der Waals surface area contributed by atoms with Crippen LogP contribution in [0.1, 0.15) is 19.4 Å². The maximum absolute atomic E-state index is 12.5. The van der Waals surface area contributed by atoms with Gasteiger partial charge in [0.05, 0.1) is 30.6 Å². The molecule has 182 valence electrons. The van der Waals surface area contributed by atoms with Gasteiger partial charge in [0.1, 0.15) is 11.8 Å². The van der Waals surface area contributed by atoms with Crippen molar-refractivity contribution in [2.45, 2.75) is 31.6 Å². The van der Waals surface area contributed by atoms with Gasteiger partial charge in [-0.15, -0.1) is 5.10 Å². The normalized spacial score (nSPS) is 24.1. The zero-order valence-corrected chi connectivity index (χ0v) is 19.6. The van der Waals surface area contributed by atoms with Crippen LogP contribution in [0.2, 0.25) is 0 Å². The highest BCUT2D eigenvalue weighted by molar-refractivity contribution is 5.84. The predicted molar refractivity (Wildman–Crippen MR) is 128 cm³/mol. The van der Waals surface area contributed by atoms with Crippen molar-refractivity contribution in [3.63, 3.8) is 0 Å². The molecule has 3 aromatic heterocycles. The molecule has 1 aliphatic rings. The number of fused-ring (bicyclic) bond motifs is 1. The average Bonchev–Trinajstić information content (AvgIpc) is 3.60. The summed E-state index contributed by atoms with van der Waals surface area (Å²) < 4.78 is 3.20. The summed E-state index contributed by atoms with van der Waals surface area (Å²) in [6, 6.07) is 9.04. The third-order valence-corrected chi connectivity index (χ3v) is 6.72. The van der Waals surface area contributed by atoms with E-state index < -0.39 is 24.2 Å².